The van der Waals surface area contributed by atoms with Crippen LogP contribution in [0.3, 0.4) is 0 Å². The van der Waals surface area contributed by atoms with Crippen molar-refractivity contribution in [2.75, 3.05) is 42.5 Å². The maximum absolute atomic E-state index is 13.4. The van der Waals surface area contributed by atoms with Gasteiger partial charge < -0.3 is 9.80 Å². The molecule has 0 radical (unpaired) electrons. The Morgan fingerprint density at radius 2 is 1.58 bits per heavy atom. The highest BCUT2D eigenvalue weighted by molar-refractivity contribution is 8.04. The number of amides is 2. The lowest BCUT2D eigenvalue weighted by Gasteiger charge is -2.37. The molecule has 2 aliphatic heterocycles. The Balaban J connectivity index is 1.28. The number of rotatable bonds is 5. The van der Waals surface area contributed by atoms with Crippen molar-refractivity contribution in [2.45, 2.75) is 4.90 Å². The van der Waals surface area contributed by atoms with Gasteiger partial charge >= 0.3 is 0 Å². The number of thioether (sulfide) groups is 1. The van der Waals surface area contributed by atoms with Gasteiger partial charge in [-0.15, -0.1) is 0 Å². The number of hydrogen-bond donors (Lipinski definition) is 0. The fourth-order valence-corrected chi connectivity index (χ4v) is 5.41. The van der Waals surface area contributed by atoms with Gasteiger partial charge in [-0.3, -0.25) is 24.6 Å². The van der Waals surface area contributed by atoms with Gasteiger partial charge in [0.2, 0.25) is 5.91 Å². The predicted octanol–water partition coefficient (Wildman–Crippen LogP) is 4.42. The quantitative estimate of drug-likeness (QED) is 0.293. The number of carbonyl (C=O) groups is 2. The number of benzene rings is 3. The third-order valence-corrected chi connectivity index (χ3v) is 7.36. The number of fused-ring (bicyclic) bond motifs is 1. The van der Waals surface area contributed by atoms with Crippen LogP contribution in [0.4, 0.5) is 17.1 Å². The van der Waals surface area contributed by atoms with Crippen LogP contribution in [0, 0.1) is 10.1 Å². The Kier molecular flexibility index (Phi) is 6.73. The van der Waals surface area contributed by atoms with Gasteiger partial charge in [-0.05, 0) is 35.9 Å². The van der Waals surface area contributed by atoms with E-state index in [-0.39, 0.29) is 24.0 Å². The summed E-state index contributed by atoms with van der Waals surface area (Å²) in [6.45, 7) is 2.23. The molecule has 182 valence electrons. The molecule has 2 heterocycles. The Morgan fingerprint density at radius 1 is 0.917 bits per heavy atom. The van der Waals surface area contributed by atoms with E-state index >= 15 is 0 Å². The molecule has 0 aliphatic carbocycles. The van der Waals surface area contributed by atoms with Crippen LogP contribution < -0.4 is 9.80 Å². The van der Waals surface area contributed by atoms with Crippen LogP contribution in [0.15, 0.2) is 88.7 Å². The molecule has 36 heavy (non-hydrogen) atoms. The number of anilines is 2. The van der Waals surface area contributed by atoms with Crippen LogP contribution in [-0.4, -0.2) is 54.4 Å². The molecule has 2 amide bonds. The minimum Gasteiger partial charge on any atom is -0.368 e. The summed E-state index contributed by atoms with van der Waals surface area (Å²) in [5.74, 6) is -0.284. The van der Waals surface area contributed by atoms with Gasteiger partial charge in [0.05, 0.1) is 15.5 Å². The number of nitrogens with zero attached hydrogens (tertiary/aromatic N) is 4. The van der Waals surface area contributed by atoms with E-state index in [1.807, 2.05) is 60.7 Å². The van der Waals surface area contributed by atoms with Gasteiger partial charge in [0, 0.05) is 48.9 Å². The lowest BCUT2D eigenvalue weighted by molar-refractivity contribution is -0.384. The molecule has 0 unspecified atom stereocenters. The van der Waals surface area contributed by atoms with Gasteiger partial charge in [0.1, 0.15) is 6.54 Å². The van der Waals surface area contributed by atoms with Crippen LogP contribution in [0.2, 0.25) is 0 Å². The van der Waals surface area contributed by atoms with Gasteiger partial charge in [-0.25, -0.2) is 0 Å². The van der Waals surface area contributed by atoms with E-state index in [0.717, 1.165) is 21.8 Å². The zero-order chi connectivity index (χ0) is 25.1. The molecule has 5 rings (SSSR count). The molecular formula is C27H24N4O4S. The average molecular weight is 501 g/mol. The van der Waals surface area contributed by atoms with Gasteiger partial charge in [0.15, 0.2) is 0 Å². The molecule has 0 aromatic heterocycles. The largest absolute Gasteiger partial charge is 0.368 e. The zero-order valence-electron chi connectivity index (χ0n) is 19.4. The highest BCUT2D eigenvalue weighted by Gasteiger charge is 2.32. The van der Waals surface area contributed by atoms with Crippen molar-refractivity contribution in [3.8, 4) is 0 Å². The molecule has 1 saturated heterocycles. The minimum absolute atomic E-state index is 0.0277. The number of nitro groups is 1. The van der Waals surface area contributed by atoms with Crippen molar-refractivity contribution < 1.29 is 14.5 Å². The van der Waals surface area contributed by atoms with Crippen molar-refractivity contribution in [1.82, 2.24) is 4.90 Å². The Bertz CT molecular complexity index is 1320. The number of nitro benzene ring substituents is 1. The molecule has 0 atom stereocenters. The normalized spacial score (nSPS) is 16.7. The lowest BCUT2D eigenvalue weighted by atomic mass is 10.2. The first-order chi connectivity index (χ1) is 17.5. The molecule has 3 aromatic rings. The standard InChI is InChI=1S/C27H24N4O4S/c32-26(29-16-14-28(15-17-29)21-10-12-22(13-11-21)31(34)35)19-30-23-8-4-5-9-24(23)36-25(27(30)33)18-20-6-2-1-3-7-20/h1-13,18H,14-17,19H2/b25-18-. The molecule has 3 aromatic carbocycles. The summed E-state index contributed by atoms with van der Waals surface area (Å²) in [6, 6.07) is 23.8. The number of para-hydroxylation sites is 1. The number of piperazine rings is 1. The topological polar surface area (TPSA) is 87.0 Å². The van der Waals surface area contributed by atoms with E-state index in [9.17, 15) is 19.7 Å². The van der Waals surface area contributed by atoms with Crippen molar-refractivity contribution >= 4 is 46.7 Å². The van der Waals surface area contributed by atoms with Crippen molar-refractivity contribution in [2.24, 2.45) is 0 Å². The zero-order valence-corrected chi connectivity index (χ0v) is 20.3. The second-order valence-corrected chi connectivity index (χ2v) is 9.61. The average Bonchev–Trinajstić information content (AvgIpc) is 2.91. The SMILES string of the molecule is O=C(CN1C(=O)/C(=C/c2ccccc2)Sc2ccccc21)N1CCN(c2ccc([N+](=O)[O-])cc2)CC1. The molecule has 0 bridgehead atoms. The number of non-ortho nitro benzene ring substituents is 1. The first-order valence-corrected chi connectivity index (χ1v) is 12.4. The molecule has 1 fully saturated rings. The summed E-state index contributed by atoms with van der Waals surface area (Å²) in [7, 11) is 0. The van der Waals surface area contributed by atoms with E-state index in [1.54, 1.807) is 21.9 Å². The number of hydrogen-bond acceptors (Lipinski definition) is 6. The van der Waals surface area contributed by atoms with Crippen molar-refractivity contribution in [1.29, 1.82) is 0 Å². The monoisotopic (exact) mass is 500 g/mol. The van der Waals surface area contributed by atoms with Gasteiger partial charge in [-0.1, -0.05) is 54.2 Å². The molecule has 2 aliphatic rings. The maximum Gasteiger partial charge on any atom is 0.269 e. The maximum atomic E-state index is 13.4. The van der Waals surface area contributed by atoms with Crippen LogP contribution >= 0.6 is 11.8 Å². The van der Waals surface area contributed by atoms with Gasteiger partial charge in [0.25, 0.3) is 11.6 Å². The third kappa shape index (κ3) is 4.96. The summed E-state index contributed by atoms with van der Waals surface area (Å²) >= 11 is 1.42. The Morgan fingerprint density at radius 3 is 2.28 bits per heavy atom. The first-order valence-electron chi connectivity index (χ1n) is 11.6. The Hall–Kier alpha value is -4.11. The summed E-state index contributed by atoms with van der Waals surface area (Å²) in [4.78, 5) is 44.2. The van der Waals surface area contributed by atoms with Crippen molar-refractivity contribution in [3.63, 3.8) is 0 Å². The molecular weight excluding hydrogens is 476 g/mol. The van der Waals surface area contributed by atoms with E-state index < -0.39 is 4.92 Å². The lowest BCUT2D eigenvalue weighted by Crippen LogP contribution is -2.52. The summed E-state index contributed by atoms with van der Waals surface area (Å²) in [5.41, 5.74) is 2.62. The van der Waals surface area contributed by atoms with Crippen LogP contribution in [0.5, 0.6) is 0 Å². The van der Waals surface area contributed by atoms with Gasteiger partial charge in [-0.2, -0.15) is 0 Å². The second kappa shape index (κ2) is 10.2. The fourth-order valence-electron chi connectivity index (χ4n) is 4.35. The second-order valence-electron chi connectivity index (χ2n) is 8.52. The first kappa shape index (κ1) is 23.6. The smallest absolute Gasteiger partial charge is 0.269 e. The molecule has 8 nitrogen and oxygen atoms in total. The van der Waals surface area contributed by atoms with E-state index in [1.165, 1.54) is 23.9 Å². The highest BCUT2D eigenvalue weighted by atomic mass is 32.2. The van der Waals surface area contributed by atoms with Crippen LogP contribution in [-0.2, 0) is 9.59 Å². The third-order valence-electron chi connectivity index (χ3n) is 6.28. The van der Waals surface area contributed by atoms with Crippen LogP contribution in [0.1, 0.15) is 5.56 Å². The minimum atomic E-state index is -0.417. The Labute approximate surface area is 213 Å². The molecule has 0 spiro atoms. The van der Waals surface area contributed by atoms with Crippen molar-refractivity contribution in [3.05, 3.63) is 99.4 Å². The molecule has 9 heteroatoms. The van der Waals surface area contributed by atoms with E-state index in [2.05, 4.69) is 4.90 Å². The molecule has 0 N–H and O–H groups in total. The number of carbonyl (C=O) groups excluding carboxylic acids is 2. The van der Waals surface area contributed by atoms with Crippen LogP contribution in [0.25, 0.3) is 6.08 Å². The summed E-state index contributed by atoms with van der Waals surface area (Å²) in [6.07, 6.45) is 1.86. The predicted molar refractivity (Wildman–Crippen MR) is 141 cm³/mol. The molecule has 0 saturated carbocycles. The van der Waals surface area contributed by atoms with E-state index in [0.29, 0.717) is 31.1 Å². The van der Waals surface area contributed by atoms with E-state index in [4.69, 9.17) is 0 Å². The summed E-state index contributed by atoms with van der Waals surface area (Å²) < 4.78 is 0. The fraction of sp³-hybridized carbons (Fsp3) is 0.185. The highest BCUT2D eigenvalue weighted by Crippen LogP contribution is 2.42. The summed E-state index contributed by atoms with van der Waals surface area (Å²) in [5, 5.41) is 10.9.